The van der Waals surface area contributed by atoms with Crippen LogP contribution in [-0.4, -0.2) is 78.7 Å². The van der Waals surface area contributed by atoms with Crippen LogP contribution in [0.2, 0.25) is 0 Å². The fourth-order valence-electron chi connectivity index (χ4n) is 6.69. The molecule has 5 heterocycles. The van der Waals surface area contributed by atoms with E-state index in [1.807, 2.05) is 31.4 Å². The molecule has 2 fully saturated rings. The predicted octanol–water partition coefficient (Wildman–Crippen LogP) is 5.64. The summed E-state index contributed by atoms with van der Waals surface area (Å²) in [6.45, 7) is 10.1. The topological polar surface area (TPSA) is 95.2 Å². The molecule has 2 aliphatic rings. The summed E-state index contributed by atoms with van der Waals surface area (Å²) in [6, 6.07) is 7.28. The van der Waals surface area contributed by atoms with Crippen molar-refractivity contribution in [2.75, 3.05) is 38.5 Å². The Morgan fingerprint density at radius 3 is 2.35 bits per heavy atom. The smallest absolute Gasteiger partial charge is 0.229 e. The Balaban J connectivity index is 1.13. The second-order valence-electron chi connectivity index (χ2n) is 12.3. The molecule has 6 rings (SSSR count). The van der Waals surface area contributed by atoms with Gasteiger partial charge in [-0.05, 0) is 109 Å². The predicted molar refractivity (Wildman–Crippen MR) is 163 cm³/mol. The Hall–Kier alpha value is -3.54. The lowest BCUT2D eigenvalue weighted by Gasteiger charge is -2.42. The molecule has 11 heteroatoms. The van der Waals surface area contributed by atoms with Gasteiger partial charge in [0.05, 0.1) is 17.8 Å². The minimum atomic E-state index is -0.662. The van der Waals surface area contributed by atoms with E-state index in [4.69, 9.17) is 0 Å². The second-order valence-corrected chi connectivity index (χ2v) is 12.3. The van der Waals surface area contributed by atoms with Gasteiger partial charge in [-0.1, -0.05) is 6.07 Å². The van der Waals surface area contributed by atoms with Gasteiger partial charge in [-0.25, -0.2) is 28.7 Å². The van der Waals surface area contributed by atoms with Gasteiger partial charge in [-0.2, -0.15) is 0 Å². The number of likely N-dealkylation sites (tertiary alicyclic amines) is 2. The number of aromatic nitrogens is 5. The lowest BCUT2D eigenvalue weighted by molar-refractivity contribution is 0.0318. The van der Waals surface area contributed by atoms with Crippen molar-refractivity contribution >= 4 is 22.8 Å². The van der Waals surface area contributed by atoms with Crippen molar-refractivity contribution in [2.45, 2.75) is 64.6 Å². The molecule has 0 saturated carbocycles. The van der Waals surface area contributed by atoms with Gasteiger partial charge in [-0.3, -0.25) is 0 Å². The van der Waals surface area contributed by atoms with Crippen LogP contribution in [0.5, 0.6) is 0 Å². The number of hydrogen-bond donors (Lipinski definition) is 2. The van der Waals surface area contributed by atoms with Crippen LogP contribution in [-0.2, 0) is 0 Å². The van der Waals surface area contributed by atoms with Crippen LogP contribution in [0.1, 0.15) is 63.1 Å². The van der Waals surface area contributed by atoms with E-state index >= 15 is 4.39 Å². The van der Waals surface area contributed by atoms with Crippen molar-refractivity contribution in [1.29, 1.82) is 0 Å². The summed E-state index contributed by atoms with van der Waals surface area (Å²) >= 11 is 0. The molecule has 43 heavy (non-hydrogen) atoms. The Morgan fingerprint density at radius 1 is 0.930 bits per heavy atom. The highest BCUT2D eigenvalue weighted by molar-refractivity contribution is 5.83. The Bertz CT molecular complexity index is 1570. The summed E-state index contributed by atoms with van der Waals surface area (Å²) in [6.07, 6.45) is 6.51. The number of benzene rings is 1. The molecule has 0 spiro atoms. The lowest BCUT2D eigenvalue weighted by Crippen LogP contribution is -2.47. The van der Waals surface area contributed by atoms with E-state index in [1.165, 1.54) is 18.9 Å². The van der Waals surface area contributed by atoms with Crippen LogP contribution in [0, 0.1) is 24.5 Å². The third-order valence-electron chi connectivity index (χ3n) is 9.05. The number of pyridine rings is 1. The number of aliphatic hydroxyl groups is 1. The molecule has 2 saturated heterocycles. The first-order valence-electron chi connectivity index (χ1n) is 15.2. The average Bonchev–Trinajstić information content (AvgIpc) is 3.35. The fourth-order valence-corrected chi connectivity index (χ4v) is 6.69. The molecule has 0 aliphatic carbocycles. The van der Waals surface area contributed by atoms with Gasteiger partial charge in [-0.15, -0.1) is 0 Å². The zero-order valence-corrected chi connectivity index (χ0v) is 25.3. The molecular weight excluding hydrogens is 550 g/mol. The molecule has 228 valence electrons. The summed E-state index contributed by atoms with van der Waals surface area (Å²) in [5, 5.41) is 14.1. The van der Waals surface area contributed by atoms with Gasteiger partial charge in [0.2, 0.25) is 5.95 Å². The molecule has 0 amide bonds. The number of hydrogen-bond acceptors (Lipinski definition) is 8. The van der Waals surface area contributed by atoms with E-state index in [1.54, 1.807) is 18.3 Å². The molecule has 9 nitrogen and oxygen atoms in total. The summed E-state index contributed by atoms with van der Waals surface area (Å²) in [7, 11) is 2.19. The number of nitrogens with zero attached hydrogens (tertiary/aromatic N) is 7. The number of aliphatic hydroxyl groups excluding tert-OH is 1. The highest BCUT2D eigenvalue weighted by atomic mass is 19.1. The Kier molecular flexibility index (Phi) is 8.39. The molecule has 3 aromatic heterocycles. The van der Waals surface area contributed by atoms with Crippen molar-refractivity contribution in [3.8, 4) is 11.3 Å². The van der Waals surface area contributed by atoms with Crippen LogP contribution in [0.4, 0.5) is 20.5 Å². The van der Waals surface area contributed by atoms with Crippen LogP contribution in [0.15, 0.2) is 36.7 Å². The Morgan fingerprint density at radius 2 is 1.67 bits per heavy atom. The molecule has 4 aromatic rings. The standard InChI is InChI=1S/C32H40F2N8O/c1-19(2)42-20(3)37-30-25(33)15-23(16-27(30)42)29-26(34)18-36-32(39-29)38-28-6-5-22(17-35-28)31(43)21-7-13-41(14-8-21)24-9-11-40(4)12-10-24/h5-6,15-19,21,24,31,43H,7-14H2,1-4H3,(H,35,36,38,39). The van der Waals surface area contributed by atoms with E-state index < -0.39 is 17.7 Å². The summed E-state index contributed by atoms with van der Waals surface area (Å²) in [5.41, 5.74) is 1.87. The second kappa shape index (κ2) is 12.2. The summed E-state index contributed by atoms with van der Waals surface area (Å²) < 4.78 is 31.9. The Labute approximate surface area is 251 Å². The van der Waals surface area contributed by atoms with Crippen LogP contribution in [0.3, 0.4) is 0 Å². The molecule has 0 bridgehead atoms. The molecule has 0 radical (unpaired) electrons. The van der Waals surface area contributed by atoms with Crippen molar-refractivity contribution in [3.05, 3.63) is 59.7 Å². The van der Waals surface area contributed by atoms with Gasteiger partial charge in [0.1, 0.15) is 22.9 Å². The van der Waals surface area contributed by atoms with Crippen LogP contribution >= 0.6 is 0 Å². The molecule has 1 atom stereocenters. The van der Waals surface area contributed by atoms with Crippen molar-refractivity contribution < 1.29 is 13.9 Å². The first-order valence-corrected chi connectivity index (χ1v) is 15.2. The lowest BCUT2D eigenvalue weighted by atomic mass is 9.87. The van der Waals surface area contributed by atoms with E-state index in [2.05, 4.69) is 42.1 Å². The van der Waals surface area contributed by atoms with Gasteiger partial charge in [0.25, 0.3) is 0 Å². The summed E-state index contributed by atoms with van der Waals surface area (Å²) in [4.78, 5) is 22.2. The number of rotatable bonds is 7. The third kappa shape index (κ3) is 6.11. The van der Waals surface area contributed by atoms with Crippen molar-refractivity contribution in [1.82, 2.24) is 34.3 Å². The highest BCUT2D eigenvalue weighted by Crippen LogP contribution is 2.33. The molecule has 2 aliphatic heterocycles. The number of aryl methyl sites for hydroxylation is 1. The molecule has 2 N–H and O–H groups in total. The van der Waals surface area contributed by atoms with E-state index in [0.29, 0.717) is 28.8 Å². The van der Waals surface area contributed by atoms with Gasteiger partial charge in [0, 0.05) is 23.8 Å². The van der Waals surface area contributed by atoms with E-state index in [9.17, 15) is 9.50 Å². The maximum absolute atomic E-state index is 15.0. The SMILES string of the molecule is Cc1nc2c(F)cc(-c3nc(Nc4ccc(C(O)C5CCN(C6CCN(C)CC6)CC5)cn4)ncc3F)cc2n1C(C)C. The minimum absolute atomic E-state index is 0.0221. The van der Waals surface area contributed by atoms with E-state index in [-0.39, 0.29) is 29.1 Å². The average molecular weight is 591 g/mol. The number of piperidine rings is 2. The van der Waals surface area contributed by atoms with Gasteiger partial charge < -0.3 is 24.8 Å². The summed E-state index contributed by atoms with van der Waals surface area (Å²) in [5.74, 6) is 0.271. The van der Waals surface area contributed by atoms with Crippen LogP contribution < -0.4 is 5.32 Å². The number of halogens is 2. The largest absolute Gasteiger partial charge is 0.388 e. The van der Waals surface area contributed by atoms with Gasteiger partial charge >= 0.3 is 0 Å². The molecular formula is C32H40F2N8O. The maximum atomic E-state index is 15.0. The monoisotopic (exact) mass is 590 g/mol. The normalized spacial score (nSPS) is 18.5. The number of imidazole rings is 1. The first kappa shape index (κ1) is 29.5. The quantitative estimate of drug-likeness (QED) is 0.286. The van der Waals surface area contributed by atoms with E-state index in [0.717, 1.165) is 50.8 Å². The first-order chi connectivity index (χ1) is 20.7. The van der Waals surface area contributed by atoms with Crippen molar-refractivity contribution in [3.63, 3.8) is 0 Å². The highest BCUT2D eigenvalue weighted by Gasteiger charge is 2.31. The fraction of sp³-hybridized carbons (Fsp3) is 0.500. The zero-order chi connectivity index (χ0) is 30.2. The third-order valence-corrected chi connectivity index (χ3v) is 9.05. The van der Waals surface area contributed by atoms with Crippen molar-refractivity contribution in [2.24, 2.45) is 5.92 Å². The van der Waals surface area contributed by atoms with Crippen LogP contribution in [0.25, 0.3) is 22.3 Å². The number of fused-ring (bicyclic) bond motifs is 1. The molecule has 1 unspecified atom stereocenters. The molecule has 1 aromatic carbocycles. The zero-order valence-electron chi connectivity index (χ0n) is 25.3. The minimum Gasteiger partial charge on any atom is -0.388 e. The number of anilines is 2. The maximum Gasteiger partial charge on any atom is 0.229 e. The number of nitrogens with one attached hydrogen (secondary N) is 1. The van der Waals surface area contributed by atoms with Gasteiger partial charge in [0.15, 0.2) is 11.6 Å².